The lowest BCUT2D eigenvalue weighted by molar-refractivity contribution is 0.0698. The van der Waals surface area contributed by atoms with Crippen molar-refractivity contribution in [2.75, 3.05) is 0 Å². The number of ether oxygens (including phenoxy) is 1. The van der Waals surface area contributed by atoms with Gasteiger partial charge in [0.05, 0.1) is 5.71 Å². The second kappa shape index (κ2) is 8.73. The Balaban J connectivity index is 1.55. The Morgan fingerprint density at radius 1 is 1.10 bits per heavy atom. The molecular formula is C23H18ClFN2O4. The molecule has 158 valence electrons. The predicted molar refractivity (Wildman–Crippen MR) is 113 cm³/mol. The number of fused-ring (bicyclic) bond motifs is 1. The summed E-state index contributed by atoms with van der Waals surface area (Å²) in [5.41, 5.74) is 4.90. The third-order valence-electron chi connectivity index (χ3n) is 4.93. The Hall–Kier alpha value is -3.45. The summed E-state index contributed by atoms with van der Waals surface area (Å²) in [7, 11) is 0. The number of halogens is 2. The summed E-state index contributed by atoms with van der Waals surface area (Å²) in [6.07, 6.45) is 2.03. The van der Waals surface area contributed by atoms with E-state index in [9.17, 15) is 14.0 Å². The van der Waals surface area contributed by atoms with Crippen LogP contribution in [-0.2, 0) is 6.42 Å². The van der Waals surface area contributed by atoms with E-state index >= 15 is 0 Å². The van der Waals surface area contributed by atoms with Crippen LogP contribution in [-0.4, -0.2) is 17.6 Å². The van der Waals surface area contributed by atoms with E-state index in [0.717, 1.165) is 6.42 Å². The topological polar surface area (TPSA) is 80.9 Å². The molecule has 0 saturated heterocycles. The predicted octanol–water partition coefficient (Wildman–Crippen LogP) is 5.07. The maximum Gasteiger partial charge on any atom is 0.379 e. The maximum atomic E-state index is 13.1. The molecule has 0 saturated carbocycles. The Morgan fingerprint density at radius 2 is 1.81 bits per heavy atom. The monoisotopic (exact) mass is 440 g/mol. The van der Waals surface area contributed by atoms with Gasteiger partial charge < -0.3 is 9.15 Å². The smallest absolute Gasteiger partial charge is 0.379 e. The van der Waals surface area contributed by atoms with E-state index in [4.69, 9.17) is 20.8 Å². The highest BCUT2D eigenvalue weighted by Crippen LogP contribution is 2.30. The third-order valence-corrected chi connectivity index (χ3v) is 5.19. The summed E-state index contributed by atoms with van der Waals surface area (Å²) in [6, 6.07) is 11.6. The van der Waals surface area contributed by atoms with Crippen molar-refractivity contribution in [1.29, 1.82) is 0 Å². The summed E-state index contributed by atoms with van der Waals surface area (Å²) in [5.74, 6) is -0.575. The molecule has 0 aliphatic heterocycles. The van der Waals surface area contributed by atoms with Gasteiger partial charge >= 0.3 is 5.97 Å². The fourth-order valence-corrected chi connectivity index (χ4v) is 3.54. The number of esters is 1. The molecule has 0 unspecified atom stereocenters. The van der Waals surface area contributed by atoms with Gasteiger partial charge in [0.2, 0.25) is 5.76 Å². The first-order chi connectivity index (χ1) is 14.9. The first-order valence-corrected chi connectivity index (χ1v) is 10.0. The zero-order valence-electron chi connectivity index (χ0n) is 16.6. The molecule has 1 heterocycles. The summed E-state index contributed by atoms with van der Waals surface area (Å²) < 4.78 is 24.1. The van der Waals surface area contributed by atoms with E-state index in [-0.39, 0.29) is 17.4 Å². The minimum absolute atomic E-state index is 0.0629. The largest absolute Gasteiger partial charge is 0.453 e. The molecule has 0 spiro atoms. The summed E-state index contributed by atoms with van der Waals surface area (Å²) in [6.45, 7) is 1.74. The van der Waals surface area contributed by atoms with Crippen LogP contribution in [0.25, 0.3) is 0 Å². The van der Waals surface area contributed by atoms with Crippen molar-refractivity contribution < 1.29 is 23.1 Å². The number of aryl methyl sites for hydroxylation is 1. The molecule has 31 heavy (non-hydrogen) atoms. The molecule has 0 radical (unpaired) electrons. The quantitative estimate of drug-likeness (QED) is 0.349. The van der Waals surface area contributed by atoms with E-state index in [2.05, 4.69) is 10.5 Å². The normalized spacial score (nSPS) is 14.2. The Labute approximate surface area is 182 Å². The zero-order chi connectivity index (χ0) is 22.0. The fraction of sp³-hybridized carbons (Fsp3) is 0.174. The summed E-state index contributed by atoms with van der Waals surface area (Å²) in [4.78, 5) is 24.9. The molecule has 3 aromatic rings. The van der Waals surface area contributed by atoms with Crippen LogP contribution in [0.2, 0.25) is 5.02 Å². The van der Waals surface area contributed by atoms with E-state index < -0.39 is 11.8 Å². The number of rotatable bonds is 4. The molecule has 1 aliphatic rings. The van der Waals surface area contributed by atoms with Crippen LogP contribution in [0, 0.1) is 12.7 Å². The molecule has 1 aromatic heterocycles. The van der Waals surface area contributed by atoms with Crippen LogP contribution in [0.1, 0.15) is 50.6 Å². The Bertz CT molecular complexity index is 1170. The van der Waals surface area contributed by atoms with Crippen molar-refractivity contribution >= 4 is 29.2 Å². The maximum absolute atomic E-state index is 13.1. The van der Waals surface area contributed by atoms with Crippen LogP contribution < -0.4 is 10.2 Å². The van der Waals surface area contributed by atoms with Gasteiger partial charge in [0.1, 0.15) is 17.3 Å². The van der Waals surface area contributed by atoms with E-state index in [1.807, 2.05) is 0 Å². The van der Waals surface area contributed by atoms with E-state index in [0.29, 0.717) is 46.0 Å². The highest BCUT2D eigenvalue weighted by Gasteiger charge is 2.29. The second-order valence-electron chi connectivity index (χ2n) is 7.06. The van der Waals surface area contributed by atoms with Crippen molar-refractivity contribution in [3.63, 3.8) is 0 Å². The molecule has 0 fully saturated rings. The number of benzene rings is 2. The van der Waals surface area contributed by atoms with Gasteiger partial charge in [0, 0.05) is 28.1 Å². The van der Waals surface area contributed by atoms with Crippen molar-refractivity contribution in [2.24, 2.45) is 5.10 Å². The van der Waals surface area contributed by atoms with Gasteiger partial charge in [-0.25, -0.2) is 14.6 Å². The molecule has 2 aromatic carbocycles. The van der Waals surface area contributed by atoms with Crippen LogP contribution in [0.4, 0.5) is 4.39 Å². The van der Waals surface area contributed by atoms with Crippen molar-refractivity contribution in [3.8, 4) is 5.75 Å². The van der Waals surface area contributed by atoms with Gasteiger partial charge in [-0.05, 0) is 68.3 Å². The van der Waals surface area contributed by atoms with Gasteiger partial charge in [0.15, 0.2) is 0 Å². The number of furan rings is 1. The Kier molecular flexibility index (Phi) is 5.86. The average Bonchev–Trinajstić information content (AvgIpc) is 3.11. The van der Waals surface area contributed by atoms with Gasteiger partial charge in [-0.2, -0.15) is 5.10 Å². The second-order valence-corrected chi connectivity index (χ2v) is 7.49. The number of hydrazone groups is 1. The number of amides is 1. The molecule has 8 heteroatoms. The lowest BCUT2D eigenvalue weighted by Gasteiger charge is -2.13. The van der Waals surface area contributed by atoms with E-state index in [1.54, 1.807) is 31.2 Å². The number of hydrogen-bond acceptors (Lipinski definition) is 5. The summed E-state index contributed by atoms with van der Waals surface area (Å²) >= 11 is 5.85. The number of carbonyl (C=O) groups excluding carboxylic acids is 2. The van der Waals surface area contributed by atoms with Crippen molar-refractivity contribution in [2.45, 2.75) is 26.2 Å². The number of carbonyl (C=O) groups is 2. The molecule has 0 bridgehead atoms. The van der Waals surface area contributed by atoms with Gasteiger partial charge in [0.25, 0.3) is 5.91 Å². The lowest BCUT2D eigenvalue weighted by atomic mass is 9.93. The first-order valence-electron chi connectivity index (χ1n) is 9.65. The zero-order valence-corrected chi connectivity index (χ0v) is 17.3. The van der Waals surface area contributed by atoms with Crippen molar-refractivity contribution in [1.82, 2.24) is 5.43 Å². The minimum Gasteiger partial charge on any atom is -0.453 e. The lowest BCUT2D eigenvalue weighted by Crippen LogP contribution is -2.22. The third kappa shape index (κ3) is 4.51. The molecule has 1 N–H and O–H groups in total. The highest BCUT2D eigenvalue weighted by molar-refractivity contribution is 6.30. The first kappa shape index (κ1) is 20.8. The number of hydrogen-bond donors (Lipinski definition) is 1. The van der Waals surface area contributed by atoms with Crippen LogP contribution in [0.15, 0.2) is 58.0 Å². The fourth-order valence-electron chi connectivity index (χ4n) is 3.41. The van der Waals surface area contributed by atoms with Crippen LogP contribution in [0.3, 0.4) is 0 Å². The molecule has 1 aliphatic carbocycles. The number of nitrogens with one attached hydrogen (secondary N) is 1. The number of nitrogens with zero attached hydrogens (tertiary/aromatic N) is 1. The molecule has 0 atom stereocenters. The standard InChI is InChI=1S/C23H18ClFN2O4/c1-13-20-18(26-27-22(28)14-5-7-15(24)8-6-14)3-2-4-19(20)31-21(13)23(29)30-17-11-9-16(25)10-12-17/h5-12H,2-4H2,1H3,(H,27,28)/b26-18+. The Morgan fingerprint density at radius 3 is 2.52 bits per heavy atom. The molecule has 1 amide bonds. The summed E-state index contributed by atoms with van der Waals surface area (Å²) in [5, 5.41) is 4.82. The van der Waals surface area contributed by atoms with Crippen LogP contribution >= 0.6 is 11.6 Å². The SMILES string of the molecule is Cc1c(C(=O)Oc2ccc(F)cc2)oc2c1/C(=N/NC(=O)c1ccc(Cl)cc1)CCC2. The molecular weight excluding hydrogens is 423 g/mol. The van der Waals surface area contributed by atoms with Crippen LogP contribution in [0.5, 0.6) is 5.75 Å². The van der Waals surface area contributed by atoms with Gasteiger partial charge in [-0.1, -0.05) is 11.6 Å². The average molecular weight is 441 g/mol. The molecule has 6 nitrogen and oxygen atoms in total. The minimum atomic E-state index is -0.678. The van der Waals surface area contributed by atoms with Crippen molar-refractivity contribution in [3.05, 3.63) is 87.6 Å². The highest BCUT2D eigenvalue weighted by atomic mass is 35.5. The van der Waals surface area contributed by atoms with Gasteiger partial charge in [-0.3, -0.25) is 4.79 Å². The van der Waals surface area contributed by atoms with E-state index in [1.165, 1.54) is 24.3 Å². The molecule has 4 rings (SSSR count). The van der Waals surface area contributed by atoms with Gasteiger partial charge in [-0.15, -0.1) is 0 Å².